The average Bonchev–Trinajstić information content (AvgIpc) is 2.59. The van der Waals surface area contributed by atoms with E-state index in [1.807, 2.05) is 0 Å². The predicted molar refractivity (Wildman–Crippen MR) is 98.7 cm³/mol. The lowest BCUT2D eigenvalue weighted by Crippen LogP contribution is -2.41. The van der Waals surface area contributed by atoms with Crippen molar-refractivity contribution in [3.8, 4) is 5.75 Å². The lowest BCUT2D eigenvalue weighted by molar-refractivity contribution is -0.890. The first kappa shape index (κ1) is 20.0. The van der Waals surface area contributed by atoms with Gasteiger partial charge in [-0.25, -0.2) is 9.59 Å². The van der Waals surface area contributed by atoms with Crippen LogP contribution in [0.25, 0.3) is 6.08 Å². The molecule has 2 aliphatic rings. The lowest BCUT2D eigenvalue weighted by atomic mass is 10.2. The number of rotatable bonds is 0. The van der Waals surface area contributed by atoms with E-state index in [1.165, 1.54) is 6.08 Å². The molecule has 0 spiro atoms. The summed E-state index contributed by atoms with van der Waals surface area (Å²) in [6.45, 7) is 2.81. The van der Waals surface area contributed by atoms with Gasteiger partial charge in [0.25, 0.3) is 0 Å². The Morgan fingerprint density at radius 2 is 1.42 bits per heavy atom. The second kappa shape index (κ2) is 9.97. The number of quaternary nitrogens is 1. The fourth-order valence-corrected chi connectivity index (χ4v) is 2.71. The Morgan fingerprint density at radius 3 is 2.08 bits per heavy atom. The van der Waals surface area contributed by atoms with E-state index in [0.29, 0.717) is 19.0 Å². The van der Waals surface area contributed by atoms with Gasteiger partial charge in [-0.1, -0.05) is 12.1 Å². The molecule has 2 heterocycles. The number of esters is 1. The van der Waals surface area contributed by atoms with Crippen LogP contribution >= 0.6 is 0 Å². The SMILES string of the molecule is C[N+]1(C)CCCCOC(=O)/C=C\c2ccc(cc2)OC(=O)OCCCC1. The summed E-state index contributed by atoms with van der Waals surface area (Å²) in [4.78, 5) is 23.4. The van der Waals surface area contributed by atoms with Crippen molar-refractivity contribution in [3.05, 3.63) is 35.9 Å². The molecule has 6 heteroatoms. The van der Waals surface area contributed by atoms with Crippen LogP contribution in [0, 0.1) is 0 Å². The van der Waals surface area contributed by atoms with E-state index in [9.17, 15) is 9.59 Å². The van der Waals surface area contributed by atoms with Gasteiger partial charge in [-0.15, -0.1) is 0 Å². The van der Waals surface area contributed by atoms with Crippen molar-refractivity contribution in [3.63, 3.8) is 0 Å². The summed E-state index contributed by atoms with van der Waals surface area (Å²) in [6.07, 6.45) is 6.00. The molecule has 2 bridgehead atoms. The predicted octanol–water partition coefficient (Wildman–Crippen LogP) is 3.41. The number of ether oxygens (including phenoxy) is 3. The number of hydrogen-bond donors (Lipinski definition) is 0. The molecule has 26 heavy (non-hydrogen) atoms. The summed E-state index contributed by atoms with van der Waals surface area (Å²) in [5.41, 5.74) is 0.816. The Bertz CT molecular complexity index is 622. The second-order valence-corrected chi connectivity index (χ2v) is 7.07. The topological polar surface area (TPSA) is 61.8 Å². The van der Waals surface area contributed by atoms with Crippen LogP contribution in [-0.4, -0.2) is 57.0 Å². The largest absolute Gasteiger partial charge is 0.513 e. The van der Waals surface area contributed by atoms with Crippen molar-refractivity contribution in [2.75, 3.05) is 40.4 Å². The molecule has 0 aliphatic carbocycles. The van der Waals surface area contributed by atoms with E-state index in [4.69, 9.17) is 14.2 Å². The molecule has 0 atom stereocenters. The smallest absolute Gasteiger partial charge is 0.463 e. The van der Waals surface area contributed by atoms with Gasteiger partial charge < -0.3 is 18.7 Å². The highest BCUT2D eigenvalue weighted by Crippen LogP contribution is 2.14. The first-order chi connectivity index (χ1) is 12.4. The maximum atomic E-state index is 11.7. The van der Waals surface area contributed by atoms with Crippen molar-refractivity contribution < 1.29 is 28.3 Å². The molecule has 142 valence electrons. The minimum atomic E-state index is -0.694. The summed E-state index contributed by atoms with van der Waals surface area (Å²) in [6, 6.07) is 6.82. The van der Waals surface area contributed by atoms with Gasteiger partial charge in [-0.2, -0.15) is 0 Å². The number of benzene rings is 1. The summed E-state index contributed by atoms with van der Waals surface area (Å²) in [5.74, 6) is 0.0546. The first-order valence-corrected chi connectivity index (χ1v) is 9.06. The third-order valence-electron chi connectivity index (χ3n) is 4.27. The van der Waals surface area contributed by atoms with Crippen molar-refractivity contribution in [1.82, 2.24) is 0 Å². The highest BCUT2D eigenvalue weighted by molar-refractivity contribution is 5.87. The van der Waals surface area contributed by atoms with Gasteiger partial charge in [-0.05, 0) is 49.5 Å². The molecule has 0 saturated heterocycles. The fourth-order valence-electron chi connectivity index (χ4n) is 2.71. The van der Waals surface area contributed by atoms with Crippen molar-refractivity contribution in [2.45, 2.75) is 25.7 Å². The molecular formula is C20H28NO5+. The molecule has 6 nitrogen and oxygen atoms in total. The fraction of sp³-hybridized carbons (Fsp3) is 0.500. The Morgan fingerprint density at radius 1 is 0.808 bits per heavy atom. The van der Waals surface area contributed by atoms with Crippen molar-refractivity contribution in [2.24, 2.45) is 0 Å². The van der Waals surface area contributed by atoms with Gasteiger partial charge in [-0.3, -0.25) is 0 Å². The van der Waals surface area contributed by atoms with Crippen LogP contribution in [0.2, 0.25) is 0 Å². The van der Waals surface area contributed by atoms with Gasteiger partial charge in [0.15, 0.2) is 0 Å². The number of carbonyl (C=O) groups is 2. The normalized spacial score (nSPS) is 21.2. The minimum absolute atomic E-state index is 0.350. The first-order valence-electron chi connectivity index (χ1n) is 9.06. The number of carbonyl (C=O) groups excluding carboxylic acids is 2. The summed E-state index contributed by atoms with van der Waals surface area (Å²) >= 11 is 0. The van der Waals surface area contributed by atoms with Gasteiger partial charge in [0.2, 0.25) is 0 Å². The van der Waals surface area contributed by atoms with Crippen LogP contribution < -0.4 is 4.74 Å². The molecular weight excluding hydrogens is 334 g/mol. The standard InChI is InChI=1S/C20H28NO5/c1-21(2)13-3-5-15-24-19(22)12-9-17-7-10-18(11-8-17)26-20(23)25-16-6-4-14-21/h7-12H,3-6,13-16H2,1-2H3/q+1/b12-9-. The molecule has 0 radical (unpaired) electrons. The Hall–Kier alpha value is -2.34. The van der Waals surface area contributed by atoms with Crippen LogP contribution in [0.4, 0.5) is 4.79 Å². The summed E-state index contributed by atoms with van der Waals surface area (Å²) in [5, 5.41) is 0. The van der Waals surface area contributed by atoms with Crippen LogP contribution in [0.1, 0.15) is 31.2 Å². The molecule has 0 fully saturated rings. The maximum Gasteiger partial charge on any atom is 0.513 e. The zero-order chi connectivity index (χ0) is 18.8. The van der Waals surface area contributed by atoms with Gasteiger partial charge in [0.1, 0.15) is 5.75 Å². The second-order valence-electron chi connectivity index (χ2n) is 7.07. The number of fused-ring (bicyclic) bond motifs is 16. The zero-order valence-corrected chi connectivity index (χ0v) is 15.6. The molecule has 0 unspecified atom stereocenters. The number of hydrogen-bond acceptors (Lipinski definition) is 5. The molecule has 0 N–H and O–H groups in total. The molecule has 2 aliphatic heterocycles. The van der Waals surface area contributed by atoms with Crippen LogP contribution in [-0.2, 0) is 14.3 Å². The van der Waals surface area contributed by atoms with E-state index in [-0.39, 0.29) is 5.97 Å². The van der Waals surface area contributed by atoms with E-state index in [1.54, 1.807) is 30.3 Å². The zero-order valence-electron chi connectivity index (χ0n) is 15.6. The average molecular weight is 362 g/mol. The Labute approximate surface area is 154 Å². The minimum Gasteiger partial charge on any atom is -0.463 e. The summed E-state index contributed by atoms with van der Waals surface area (Å²) in [7, 11) is 4.36. The molecule has 3 rings (SSSR count). The molecule has 0 saturated carbocycles. The molecule has 1 aromatic rings. The van der Waals surface area contributed by atoms with Crippen molar-refractivity contribution >= 4 is 18.2 Å². The quantitative estimate of drug-likeness (QED) is 0.402. The summed E-state index contributed by atoms with van der Waals surface area (Å²) < 4.78 is 16.4. The van der Waals surface area contributed by atoms with E-state index in [2.05, 4.69) is 14.1 Å². The number of nitrogens with zero attached hydrogens (tertiary/aromatic N) is 1. The maximum absolute atomic E-state index is 11.7. The van der Waals surface area contributed by atoms with E-state index in [0.717, 1.165) is 48.8 Å². The monoisotopic (exact) mass is 362 g/mol. The third kappa shape index (κ3) is 7.70. The van der Waals surface area contributed by atoms with Crippen LogP contribution in [0.5, 0.6) is 5.75 Å². The van der Waals surface area contributed by atoms with Crippen LogP contribution in [0.15, 0.2) is 30.3 Å². The van der Waals surface area contributed by atoms with Gasteiger partial charge >= 0.3 is 12.1 Å². The Kier molecular flexibility index (Phi) is 7.66. The molecule has 1 aromatic carbocycles. The van der Waals surface area contributed by atoms with Crippen LogP contribution in [0.3, 0.4) is 0 Å². The molecule has 0 amide bonds. The van der Waals surface area contributed by atoms with Gasteiger partial charge in [0.05, 0.1) is 40.4 Å². The van der Waals surface area contributed by atoms with E-state index >= 15 is 0 Å². The highest BCUT2D eigenvalue weighted by Gasteiger charge is 2.14. The van der Waals surface area contributed by atoms with Crippen molar-refractivity contribution in [1.29, 1.82) is 0 Å². The Balaban J connectivity index is 1.97. The highest BCUT2D eigenvalue weighted by atomic mass is 16.7. The van der Waals surface area contributed by atoms with E-state index < -0.39 is 6.16 Å². The lowest BCUT2D eigenvalue weighted by Gasteiger charge is -2.29. The molecule has 0 aromatic heterocycles. The van der Waals surface area contributed by atoms with Gasteiger partial charge in [0, 0.05) is 6.08 Å². The third-order valence-corrected chi connectivity index (χ3v) is 4.27.